The number of hydrogen-bond donors (Lipinski definition) is 3. The Morgan fingerprint density at radius 3 is 2.36 bits per heavy atom. The summed E-state index contributed by atoms with van der Waals surface area (Å²) in [7, 11) is 3.87. The summed E-state index contributed by atoms with van der Waals surface area (Å²) >= 11 is 0. The lowest BCUT2D eigenvalue weighted by Crippen LogP contribution is -2.48. The number of nitrogens with two attached hydrogens (primary N) is 1. The van der Waals surface area contributed by atoms with Gasteiger partial charge in [-0.15, -0.1) is 0 Å². The average molecular weight is 617 g/mol. The molecule has 4 N–H and O–H groups in total. The summed E-state index contributed by atoms with van der Waals surface area (Å²) in [4.78, 5) is 51.8. The van der Waals surface area contributed by atoms with Crippen molar-refractivity contribution >= 4 is 35.2 Å². The summed E-state index contributed by atoms with van der Waals surface area (Å²) in [5, 5.41) is 5.81. The molecule has 1 aliphatic carbocycles. The van der Waals surface area contributed by atoms with Gasteiger partial charge < -0.3 is 31.1 Å². The highest BCUT2D eigenvalue weighted by Crippen LogP contribution is 2.37. The maximum Gasteiger partial charge on any atom is 0.421 e. The van der Waals surface area contributed by atoms with Crippen LogP contribution in [-0.4, -0.2) is 94.2 Å². The molecule has 5 rings (SSSR count). The van der Waals surface area contributed by atoms with Gasteiger partial charge in [-0.3, -0.25) is 14.4 Å². The molecular weight excluding hydrogens is 577 g/mol. The number of rotatable bonds is 8. The molecule has 3 atom stereocenters. The number of nitrogens with zero attached hydrogens (tertiary/aromatic N) is 5. The number of carbonyl (C=O) groups is 3. The fourth-order valence-corrected chi connectivity index (χ4v) is 6.48. The molecule has 0 radical (unpaired) electrons. The maximum atomic E-state index is 14.0. The van der Waals surface area contributed by atoms with Crippen molar-refractivity contribution < 1.29 is 27.6 Å². The second kappa shape index (κ2) is 13.0. The molecule has 1 aromatic carbocycles. The van der Waals surface area contributed by atoms with Crippen molar-refractivity contribution in [3.05, 3.63) is 41.6 Å². The third kappa shape index (κ3) is 6.90. The summed E-state index contributed by atoms with van der Waals surface area (Å²) in [5.41, 5.74) is 5.43. The van der Waals surface area contributed by atoms with Crippen LogP contribution in [0, 0.1) is 5.92 Å². The van der Waals surface area contributed by atoms with Crippen LogP contribution in [0.4, 0.5) is 30.6 Å². The van der Waals surface area contributed by atoms with Crippen molar-refractivity contribution in [3.8, 4) is 0 Å². The average Bonchev–Trinajstić information content (AvgIpc) is 3.67. The molecule has 11 nitrogen and oxygen atoms in total. The van der Waals surface area contributed by atoms with E-state index in [1.165, 1.54) is 4.90 Å². The molecule has 3 aliphatic rings. The number of anilines is 3. The molecule has 2 aliphatic heterocycles. The van der Waals surface area contributed by atoms with E-state index < -0.39 is 41.5 Å². The van der Waals surface area contributed by atoms with Crippen LogP contribution in [0.5, 0.6) is 0 Å². The normalized spacial score (nSPS) is 23.0. The lowest BCUT2D eigenvalue weighted by molar-refractivity contribution is -0.140. The topological polar surface area (TPSA) is 137 Å². The molecule has 3 fully saturated rings. The van der Waals surface area contributed by atoms with Crippen LogP contribution >= 0.6 is 0 Å². The maximum absolute atomic E-state index is 14.0. The Morgan fingerprint density at radius 2 is 1.70 bits per heavy atom. The number of aromatic nitrogens is 2. The standard InChI is InChI=1S/C30H39F3N8O3/c1-39-15-12-20(13-16-39)40(2)27(43)18-8-10-19(11-9-18)36-29-35-17-22(30(31,32)33)26(38-29)37-23-6-3-5-21(23)28(44)41-14-4-7-24(41)25(34)42/h8-11,17,20-21,23-24H,3-7,12-16H2,1-2H3,(H2,34,42)(H2,35,36,37,38)/t21?,23-,24+/m1/s1. The predicted octanol–water partition coefficient (Wildman–Crippen LogP) is 3.46. The number of benzene rings is 1. The lowest BCUT2D eigenvalue weighted by Gasteiger charge is -2.35. The van der Waals surface area contributed by atoms with Crippen LogP contribution in [0.25, 0.3) is 0 Å². The molecule has 1 saturated carbocycles. The summed E-state index contributed by atoms with van der Waals surface area (Å²) in [6.45, 7) is 2.26. The minimum absolute atomic E-state index is 0.0720. The van der Waals surface area contributed by atoms with Gasteiger partial charge in [0.1, 0.15) is 17.4 Å². The quantitative estimate of drug-likeness (QED) is 0.410. The van der Waals surface area contributed by atoms with Crippen molar-refractivity contribution in [1.82, 2.24) is 24.7 Å². The predicted molar refractivity (Wildman–Crippen MR) is 158 cm³/mol. The van der Waals surface area contributed by atoms with Crippen LogP contribution in [0.3, 0.4) is 0 Å². The van der Waals surface area contributed by atoms with Gasteiger partial charge in [0, 0.05) is 43.1 Å². The molecule has 1 aromatic heterocycles. The highest BCUT2D eigenvalue weighted by molar-refractivity contribution is 5.94. The Balaban J connectivity index is 1.29. The summed E-state index contributed by atoms with van der Waals surface area (Å²) in [6, 6.07) is 5.49. The van der Waals surface area contributed by atoms with Gasteiger partial charge >= 0.3 is 6.18 Å². The Kier molecular flexibility index (Phi) is 9.28. The number of halogens is 3. The number of carbonyl (C=O) groups excluding carboxylic acids is 3. The van der Waals surface area contributed by atoms with E-state index in [1.807, 2.05) is 0 Å². The van der Waals surface area contributed by atoms with E-state index in [1.54, 1.807) is 36.2 Å². The second-order valence-corrected chi connectivity index (χ2v) is 12.0. The van der Waals surface area contributed by atoms with E-state index in [0.717, 1.165) is 25.9 Å². The number of primary amides is 1. The third-order valence-corrected chi connectivity index (χ3v) is 9.06. The fourth-order valence-electron chi connectivity index (χ4n) is 6.48. The van der Waals surface area contributed by atoms with Gasteiger partial charge in [-0.1, -0.05) is 6.42 Å². The molecule has 3 amide bonds. The zero-order valence-corrected chi connectivity index (χ0v) is 24.9. The minimum atomic E-state index is -4.73. The first-order valence-corrected chi connectivity index (χ1v) is 15.1. The summed E-state index contributed by atoms with van der Waals surface area (Å²) < 4.78 is 41.9. The van der Waals surface area contributed by atoms with Crippen molar-refractivity contribution in [2.75, 3.05) is 44.4 Å². The molecule has 238 valence electrons. The van der Waals surface area contributed by atoms with Crippen molar-refractivity contribution in [1.29, 1.82) is 0 Å². The molecule has 3 heterocycles. The molecule has 0 spiro atoms. The van der Waals surface area contributed by atoms with Crippen LogP contribution in [-0.2, 0) is 15.8 Å². The third-order valence-electron chi connectivity index (χ3n) is 9.06. The first kappa shape index (κ1) is 31.5. The second-order valence-electron chi connectivity index (χ2n) is 12.0. The van der Waals surface area contributed by atoms with Gasteiger partial charge in [-0.05, 0) is 82.9 Å². The Bertz CT molecular complexity index is 1360. The number of alkyl halides is 3. The molecule has 2 saturated heterocycles. The van der Waals surface area contributed by atoms with Gasteiger partial charge in [0.2, 0.25) is 17.8 Å². The monoisotopic (exact) mass is 616 g/mol. The zero-order valence-electron chi connectivity index (χ0n) is 24.9. The number of nitrogens with one attached hydrogen (secondary N) is 2. The van der Waals surface area contributed by atoms with E-state index in [0.29, 0.717) is 56.1 Å². The van der Waals surface area contributed by atoms with E-state index >= 15 is 0 Å². The Hall–Kier alpha value is -3.94. The number of hydrogen-bond acceptors (Lipinski definition) is 8. The molecule has 1 unspecified atom stereocenters. The highest BCUT2D eigenvalue weighted by atomic mass is 19.4. The summed E-state index contributed by atoms with van der Waals surface area (Å²) in [6.07, 6.45) is 0.505. The fraction of sp³-hybridized carbons (Fsp3) is 0.567. The minimum Gasteiger partial charge on any atom is -0.368 e. The van der Waals surface area contributed by atoms with Crippen LogP contribution in [0.15, 0.2) is 30.5 Å². The van der Waals surface area contributed by atoms with Crippen molar-refractivity contribution in [3.63, 3.8) is 0 Å². The highest BCUT2D eigenvalue weighted by Gasteiger charge is 2.42. The first-order valence-electron chi connectivity index (χ1n) is 15.1. The van der Waals surface area contributed by atoms with Gasteiger partial charge in [-0.2, -0.15) is 18.2 Å². The first-order chi connectivity index (χ1) is 20.9. The molecule has 14 heteroatoms. The molecule has 2 aromatic rings. The van der Waals surface area contributed by atoms with Gasteiger partial charge in [-0.25, -0.2) is 4.98 Å². The lowest BCUT2D eigenvalue weighted by atomic mass is 10.0. The summed E-state index contributed by atoms with van der Waals surface area (Å²) in [5.74, 6) is -2.07. The Labute approximate surface area is 254 Å². The Morgan fingerprint density at radius 1 is 1.00 bits per heavy atom. The van der Waals surface area contributed by atoms with E-state index in [4.69, 9.17) is 5.73 Å². The number of likely N-dealkylation sites (tertiary alicyclic amines) is 2. The SMILES string of the molecule is CN1CCC(N(C)C(=O)c2ccc(Nc3ncc(C(F)(F)F)c(N[C@@H]4CCCC4C(=O)N4CCC[C@H]4C(N)=O)n3)cc2)CC1. The van der Waals surface area contributed by atoms with Crippen LogP contribution in [0.2, 0.25) is 0 Å². The van der Waals surface area contributed by atoms with E-state index in [9.17, 15) is 27.6 Å². The van der Waals surface area contributed by atoms with Crippen molar-refractivity contribution in [2.24, 2.45) is 11.7 Å². The zero-order chi connectivity index (χ0) is 31.6. The number of piperidine rings is 1. The smallest absolute Gasteiger partial charge is 0.368 e. The molecular formula is C30H39F3N8O3. The van der Waals surface area contributed by atoms with Gasteiger partial charge in [0.25, 0.3) is 5.91 Å². The van der Waals surface area contributed by atoms with Crippen LogP contribution < -0.4 is 16.4 Å². The van der Waals surface area contributed by atoms with Crippen LogP contribution in [0.1, 0.15) is 60.9 Å². The van der Waals surface area contributed by atoms with Crippen molar-refractivity contribution in [2.45, 2.75) is 69.2 Å². The van der Waals surface area contributed by atoms with Gasteiger partial charge in [0.05, 0.1) is 5.92 Å². The number of amides is 3. The molecule has 0 bridgehead atoms. The van der Waals surface area contributed by atoms with E-state index in [2.05, 4.69) is 32.5 Å². The van der Waals surface area contributed by atoms with Gasteiger partial charge in [0.15, 0.2) is 0 Å². The largest absolute Gasteiger partial charge is 0.421 e. The van der Waals surface area contributed by atoms with E-state index in [-0.39, 0.29) is 23.8 Å². The molecule has 44 heavy (non-hydrogen) atoms.